The van der Waals surface area contributed by atoms with E-state index in [4.69, 9.17) is 23.2 Å². The van der Waals surface area contributed by atoms with Gasteiger partial charge in [-0.05, 0) is 30.2 Å². The van der Waals surface area contributed by atoms with Crippen molar-refractivity contribution in [3.63, 3.8) is 0 Å². The van der Waals surface area contributed by atoms with E-state index in [0.29, 0.717) is 5.88 Å². The van der Waals surface area contributed by atoms with Gasteiger partial charge in [-0.1, -0.05) is 35.9 Å². The zero-order chi connectivity index (χ0) is 13.8. The molecule has 2 aromatic rings. The first-order valence-electron chi connectivity index (χ1n) is 6.11. The normalized spacial score (nSPS) is 12.2. The summed E-state index contributed by atoms with van der Waals surface area (Å²) >= 11 is 12.0. The molecule has 100 valence electrons. The minimum absolute atomic E-state index is 0.156. The van der Waals surface area contributed by atoms with Crippen molar-refractivity contribution in [3.05, 3.63) is 58.7 Å². The number of nitrogens with zero attached hydrogens (tertiary/aromatic N) is 2. The molecule has 0 fully saturated rings. The lowest BCUT2D eigenvalue weighted by molar-refractivity contribution is 0.728. The molecule has 19 heavy (non-hydrogen) atoms. The Morgan fingerprint density at radius 3 is 2.53 bits per heavy atom. The van der Waals surface area contributed by atoms with Crippen LogP contribution >= 0.6 is 23.2 Å². The van der Waals surface area contributed by atoms with E-state index in [9.17, 15) is 0 Å². The molecule has 0 bridgehead atoms. The molecule has 0 amide bonds. The van der Waals surface area contributed by atoms with Crippen molar-refractivity contribution in [3.8, 4) is 0 Å². The molecule has 2 rings (SSSR count). The van der Waals surface area contributed by atoms with Crippen LogP contribution in [0.3, 0.4) is 0 Å². The number of rotatable bonds is 4. The molecule has 0 spiro atoms. The van der Waals surface area contributed by atoms with Gasteiger partial charge in [-0.3, -0.25) is 0 Å². The minimum Gasteiger partial charge on any atom is -0.353 e. The fraction of sp³-hybridized carbons (Fsp3) is 0.267. The van der Waals surface area contributed by atoms with Crippen LogP contribution in [0.2, 0.25) is 5.02 Å². The molecule has 0 aliphatic carbocycles. The molecule has 0 saturated carbocycles. The quantitative estimate of drug-likeness (QED) is 0.762. The SMILES string of the molecule is CC(c1ccccc1Cl)N(C)c1ccc(CCl)cn1. The first-order chi connectivity index (χ1) is 9.13. The second-order valence-corrected chi connectivity index (χ2v) is 5.14. The van der Waals surface area contributed by atoms with Crippen LogP contribution in [0.15, 0.2) is 42.6 Å². The maximum Gasteiger partial charge on any atom is 0.128 e. The average molecular weight is 295 g/mol. The Balaban J connectivity index is 2.23. The highest BCUT2D eigenvalue weighted by atomic mass is 35.5. The Hall–Kier alpha value is -1.25. The highest BCUT2D eigenvalue weighted by molar-refractivity contribution is 6.31. The predicted octanol–water partition coefficient (Wildman–Crippen LogP) is 4.67. The summed E-state index contributed by atoms with van der Waals surface area (Å²) in [6, 6.07) is 12.0. The molecular weight excluding hydrogens is 279 g/mol. The summed E-state index contributed by atoms with van der Waals surface area (Å²) in [5.41, 5.74) is 2.11. The third-order valence-corrected chi connectivity index (χ3v) is 3.91. The predicted molar refractivity (Wildman–Crippen MR) is 82.1 cm³/mol. The molecule has 4 heteroatoms. The monoisotopic (exact) mass is 294 g/mol. The number of hydrogen-bond donors (Lipinski definition) is 0. The smallest absolute Gasteiger partial charge is 0.128 e. The van der Waals surface area contributed by atoms with Gasteiger partial charge in [-0.25, -0.2) is 4.98 Å². The fourth-order valence-corrected chi connectivity index (χ4v) is 2.38. The van der Waals surface area contributed by atoms with Gasteiger partial charge in [0.15, 0.2) is 0 Å². The highest BCUT2D eigenvalue weighted by Crippen LogP contribution is 2.28. The van der Waals surface area contributed by atoms with Crippen LogP contribution in [0.4, 0.5) is 5.82 Å². The molecule has 2 nitrogen and oxygen atoms in total. The number of alkyl halides is 1. The van der Waals surface area contributed by atoms with Crippen molar-refractivity contribution in [1.82, 2.24) is 4.98 Å². The van der Waals surface area contributed by atoms with Gasteiger partial charge in [-0.2, -0.15) is 0 Å². The lowest BCUT2D eigenvalue weighted by atomic mass is 10.1. The maximum absolute atomic E-state index is 6.23. The second-order valence-electron chi connectivity index (χ2n) is 4.47. The van der Waals surface area contributed by atoms with Crippen molar-refractivity contribution < 1.29 is 0 Å². The van der Waals surface area contributed by atoms with Crippen LogP contribution in [0.5, 0.6) is 0 Å². The van der Waals surface area contributed by atoms with Crippen LogP contribution in [-0.2, 0) is 5.88 Å². The number of aromatic nitrogens is 1. The van der Waals surface area contributed by atoms with Gasteiger partial charge in [-0.15, -0.1) is 11.6 Å². The molecule has 0 aliphatic rings. The van der Waals surface area contributed by atoms with Crippen molar-refractivity contribution >= 4 is 29.0 Å². The summed E-state index contributed by atoms with van der Waals surface area (Å²) in [4.78, 5) is 6.52. The van der Waals surface area contributed by atoms with Crippen molar-refractivity contribution in [2.24, 2.45) is 0 Å². The van der Waals surface area contributed by atoms with Crippen LogP contribution in [0.25, 0.3) is 0 Å². The van der Waals surface area contributed by atoms with Gasteiger partial charge in [0.1, 0.15) is 5.82 Å². The van der Waals surface area contributed by atoms with Crippen LogP contribution in [-0.4, -0.2) is 12.0 Å². The van der Waals surface area contributed by atoms with E-state index < -0.39 is 0 Å². The molecule has 1 atom stereocenters. The Morgan fingerprint density at radius 2 is 1.95 bits per heavy atom. The van der Waals surface area contributed by atoms with Crippen LogP contribution in [0, 0.1) is 0 Å². The first-order valence-corrected chi connectivity index (χ1v) is 7.03. The topological polar surface area (TPSA) is 16.1 Å². The lowest BCUT2D eigenvalue weighted by Gasteiger charge is -2.27. The summed E-state index contributed by atoms with van der Waals surface area (Å²) in [6.45, 7) is 2.11. The van der Waals surface area contributed by atoms with E-state index in [2.05, 4.69) is 16.8 Å². The van der Waals surface area contributed by atoms with E-state index in [-0.39, 0.29) is 6.04 Å². The van der Waals surface area contributed by atoms with Gasteiger partial charge in [0.2, 0.25) is 0 Å². The number of pyridine rings is 1. The molecule has 1 aromatic carbocycles. The number of anilines is 1. The van der Waals surface area contributed by atoms with E-state index >= 15 is 0 Å². The zero-order valence-electron chi connectivity index (χ0n) is 11.0. The highest BCUT2D eigenvalue weighted by Gasteiger charge is 2.15. The Morgan fingerprint density at radius 1 is 1.21 bits per heavy atom. The van der Waals surface area contributed by atoms with Crippen LogP contribution in [0.1, 0.15) is 24.1 Å². The second kappa shape index (κ2) is 6.27. The van der Waals surface area contributed by atoms with E-state index in [0.717, 1.165) is 22.0 Å². The summed E-state index contributed by atoms with van der Waals surface area (Å²) in [6.07, 6.45) is 1.80. The van der Waals surface area contributed by atoms with Crippen molar-refractivity contribution in [2.75, 3.05) is 11.9 Å². The Bertz CT molecular complexity index is 540. The minimum atomic E-state index is 0.156. The van der Waals surface area contributed by atoms with Crippen LogP contribution < -0.4 is 4.90 Å². The summed E-state index contributed by atoms with van der Waals surface area (Å²) in [7, 11) is 2.01. The molecular formula is C15H16Cl2N2. The fourth-order valence-electron chi connectivity index (χ4n) is 1.93. The maximum atomic E-state index is 6.23. The summed E-state index contributed by atoms with van der Waals surface area (Å²) < 4.78 is 0. The molecule has 1 aromatic heterocycles. The molecule has 1 unspecified atom stereocenters. The van der Waals surface area contributed by atoms with Crippen molar-refractivity contribution in [1.29, 1.82) is 0 Å². The zero-order valence-corrected chi connectivity index (χ0v) is 12.5. The van der Waals surface area contributed by atoms with Crippen molar-refractivity contribution in [2.45, 2.75) is 18.8 Å². The first kappa shape index (κ1) is 14.2. The summed E-state index contributed by atoms with van der Waals surface area (Å²) in [5, 5.41) is 0.777. The van der Waals surface area contributed by atoms with E-state index in [1.807, 2.05) is 43.4 Å². The molecule has 0 N–H and O–H groups in total. The summed E-state index contributed by atoms with van der Waals surface area (Å²) in [5.74, 6) is 1.39. The van der Waals surface area contributed by atoms with Gasteiger partial charge >= 0.3 is 0 Å². The Kier molecular flexibility index (Phi) is 4.67. The van der Waals surface area contributed by atoms with Gasteiger partial charge < -0.3 is 4.90 Å². The molecule has 0 saturated heterocycles. The third kappa shape index (κ3) is 3.20. The van der Waals surface area contributed by atoms with E-state index in [1.165, 1.54) is 0 Å². The number of halogens is 2. The molecule has 1 heterocycles. The van der Waals surface area contributed by atoms with Gasteiger partial charge in [0, 0.05) is 24.1 Å². The van der Waals surface area contributed by atoms with Gasteiger partial charge in [0.05, 0.1) is 6.04 Å². The number of hydrogen-bond acceptors (Lipinski definition) is 2. The molecule has 0 aliphatic heterocycles. The average Bonchev–Trinajstić information content (AvgIpc) is 2.46. The Labute approximate surface area is 124 Å². The lowest BCUT2D eigenvalue weighted by Crippen LogP contribution is -2.22. The molecule has 0 radical (unpaired) electrons. The standard InChI is InChI=1S/C15H16Cl2N2/c1-11(13-5-3-4-6-14(13)17)19(2)15-8-7-12(9-16)10-18-15/h3-8,10-11H,9H2,1-2H3. The number of benzene rings is 1. The third-order valence-electron chi connectivity index (χ3n) is 3.26. The largest absolute Gasteiger partial charge is 0.353 e. The van der Waals surface area contributed by atoms with E-state index in [1.54, 1.807) is 6.20 Å². The van der Waals surface area contributed by atoms with Gasteiger partial charge in [0.25, 0.3) is 0 Å².